The summed E-state index contributed by atoms with van der Waals surface area (Å²) in [4.78, 5) is 26.7. The molecule has 1 aliphatic rings. The Morgan fingerprint density at radius 1 is 1.12 bits per heavy atom. The molecule has 0 spiro atoms. The van der Waals surface area contributed by atoms with Gasteiger partial charge in [0.25, 0.3) is 5.91 Å². The van der Waals surface area contributed by atoms with Crippen molar-refractivity contribution in [2.24, 2.45) is 0 Å². The lowest BCUT2D eigenvalue weighted by Crippen LogP contribution is -2.29. The maximum absolute atomic E-state index is 12.5. The molecule has 1 atom stereocenters. The molecule has 3 aromatic rings. The molecule has 0 saturated carbocycles. The minimum absolute atomic E-state index is 0.334. The predicted octanol–water partition coefficient (Wildman–Crippen LogP) is 4.57. The van der Waals surface area contributed by atoms with E-state index in [1.54, 1.807) is 6.92 Å². The van der Waals surface area contributed by atoms with E-state index in [1.807, 2.05) is 48.5 Å². The number of carbonyl (C=O) groups is 2. The van der Waals surface area contributed by atoms with Gasteiger partial charge >= 0.3 is 5.97 Å². The van der Waals surface area contributed by atoms with Crippen molar-refractivity contribution in [3.8, 4) is 0 Å². The Labute approximate surface area is 155 Å². The van der Waals surface area contributed by atoms with E-state index in [0.717, 1.165) is 30.0 Å². The fourth-order valence-corrected chi connectivity index (χ4v) is 4.41. The van der Waals surface area contributed by atoms with E-state index in [2.05, 4.69) is 5.32 Å². The summed E-state index contributed by atoms with van der Waals surface area (Å²) in [5.74, 6) is -0.760. The second kappa shape index (κ2) is 6.92. The molecule has 0 fully saturated rings. The highest BCUT2D eigenvalue weighted by Crippen LogP contribution is 2.31. The first-order chi connectivity index (χ1) is 12.6. The molecule has 1 aliphatic carbocycles. The molecule has 1 aromatic heterocycles. The molecular formula is C21H19NO3S. The fourth-order valence-electron chi connectivity index (χ4n) is 3.27. The first-order valence-electron chi connectivity index (χ1n) is 8.73. The third-order valence-electron chi connectivity index (χ3n) is 4.65. The lowest BCUT2D eigenvalue weighted by molar-refractivity contribution is -0.123. The van der Waals surface area contributed by atoms with Crippen LogP contribution in [-0.4, -0.2) is 18.0 Å². The van der Waals surface area contributed by atoms with Gasteiger partial charge < -0.3 is 10.1 Å². The SMILES string of the molecule is C[C@@H](OC(=O)c1cc2c(s1)CCC2)C(=O)Nc1cccc2ccccc12. The Kier molecular flexibility index (Phi) is 4.47. The number of fused-ring (bicyclic) bond motifs is 2. The third-order valence-corrected chi connectivity index (χ3v) is 5.87. The van der Waals surface area contributed by atoms with Gasteiger partial charge in [-0.3, -0.25) is 4.79 Å². The molecule has 0 saturated heterocycles. The van der Waals surface area contributed by atoms with Crippen molar-refractivity contribution in [1.29, 1.82) is 0 Å². The van der Waals surface area contributed by atoms with Crippen LogP contribution in [0.5, 0.6) is 0 Å². The molecule has 1 amide bonds. The van der Waals surface area contributed by atoms with Crippen molar-refractivity contribution in [3.05, 3.63) is 63.8 Å². The number of rotatable bonds is 4. The second-order valence-corrected chi connectivity index (χ2v) is 7.61. The molecule has 1 N–H and O–H groups in total. The van der Waals surface area contributed by atoms with Crippen LogP contribution >= 0.6 is 11.3 Å². The average Bonchev–Trinajstić information content (AvgIpc) is 3.24. The lowest BCUT2D eigenvalue weighted by atomic mass is 10.1. The van der Waals surface area contributed by atoms with Crippen LogP contribution in [0.3, 0.4) is 0 Å². The second-order valence-electron chi connectivity index (χ2n) is 6.48. The molecule has 0 radical (unpaired) electrons. The molecule has 5 heteroatoms. The number of ether oxygens (including phenoxy) is 1. The van der Waals surface area contributed by atoms with Crippen molar-refractivity contribution < 1.29 is 14.3 Å². The van der Waals surface area contributed by atoms with Gasteiger partial charge in [0.1, 0.15) is 4.88 Å². The molecule has 0 unspecified atom stereocenters. The number of thiophene rings is 1. The summed E-state index contributed by atoms with van der Waals surface area (Å²) < 4.78 is 5.38. The Hall–Kier alpha value is -2.66. The molecule has 4 nitrogen and oxygen atoms in total. The van der Waals surface area contributed by atoms with Crippen LogP contribution in [0.1, 0.15) is 33.5 Å². The number of nitrogens with one attached hydrogen (secondary N) is 1. The van der Waals surface area contributed by atoms with Gasteiger partial charge in [-0.25, -0.2) is 4.79 Å². The van der Waals surface area contributed by atoms with Crippen LogP contribution in [0.2, 0.25) is 0 Å². The highest BCUT2D eigenvalue weighted by molar-refractivity contribution is 7.14. The van der Waals surface area contributed by atoms with Crippen LogP contribution in [0.4, 0.5) is 5.69 Å². The normalized spacial score (nSPS) is 14.0. The molecule has 2 aromatic carbocycles. The number of carbonyl (C=O) groups excluding carboxylic acids is 2. The summed E-state index contributed by atoms with van der Waals surface area (Å²) in [5, 5.41) is 4.87. The highest BCUT2D eigenvalue weighted by Gasteiger charge is 2.23. The summed E-state index contributed by atoms with van der Waals surface area (Å²) in [6.07, 6.45) is 2.35. The Balaban J connectivity index is 1.44. The summed E-state index contributed by atoms with van der Waals surface area (Å²) in [7, 11) is 0. The van der Waals surface area contributed by atoms with Gasteiger partial charge in [0, 0.05) is 16.0 Å². The molecule has 26 heavy (non-hydrogen) atoms. The van der Waals surface area contributed by atoms with E-state index >= 15 is 0 Å². The van der Waals surface area contributed by atoms with E-state index in [1.165, 1.54) is 21.8 Å². The quantitative estimate of drug-likeness (QED) is 0.689. The van der Waals surface area contributed by atoms with Crippen molar-refractivity contribution in [1.82, 2.24) is 0 Å². The van der Waals surface area contributed by atoms with Gasteiger partial charge in [0.05, 0.1) is 0 Å². The predicted molar refractivity (Wildman–Crippen MR) is 104 cm³/mol. The van der Waals surface area contributed by atoms with Crippen LogP contribution in [0.25, 0.3) is 10.8 Å². The highest BCUT2D eigenvalue weighted by atomic mass is 32.1. The molecule has 1 heterocycles. The monoisotopic (exact) mass is 365 g/mol. The number of esters is 1. The molecule has 4 rings (SSSR count). The minimum atomic E-state index is -0.863. The molecular weight excluding hydrogens is 346 g/mol. The van der Waals surface area contributed by atoms with Crippen LogP contribution in [0, 0.1) is 0 Å². The number of anilines is 1. The lowest BCUT2D eigenvalue weighted by Gasteiger charge is -2.14. The molecule has 0 aliphatic heterocycles. The number of aryl methyl sites for hydroxylation is 2. The van der Waals surface area contributed by atoms with Crippen LogP contribution < -0.4 is 5.32 Å². The Morgan fingerprint density at radius 2 is 1.92 bits per heavy atom. The van der Waals surface area contributed by atoms with Gasteiger partial charge in [0.15, 0.2) is 6.10 Å². The van der Waals surface area contributed by atoms with Crippen LogP contribution in [-0.2, 0) is 22.4 Å². The van der Waals surface area contributed by atoms with Gasteiger partial charge in [0.2, 0.25) is 0 Å². The third kappa shape index (κ3) is 3.22. The maximum atomic E-state index is 12.5. The Morgan fingerprint density at radius 3 is 2.77 bits per heavy atom. The topological polar surface area (TPSA) is 55.4 Å². The van der Waals surface area contributed by atoms with Gasteiger partial charge in [-0.05, 0) is 49.3 Å². The first kappa shape index (κ1) is 16.8. The van der Waals surface area contributed by atoms with E-state index in [-0.39, 0.29) is 5.91 Å². The fraction of sp³-hybridized carbons (Fsp3) is 0.238. The summed E-state index contributed by atoms with van der Waals surface area (Å²) in [6.45, 7) is 1.60. The number of hydrogen-bond acceptors (Lipinski definition) is 4. The summed E-state index contributed by atoms with van der Waals surface area (Å²) in [6, 6.07) is 15.5. The standard InChI is InChI=1S/C21H19NO3S/c1-13(25-21(24)19-12-15-8-5-11-18(15)26-19)20(23)22-17-10-4-7-14-6-2-3-9-16(14)17/h2-4,6-7,9-10,12-13H,5,8,11H2,1H3,(H,22,23)/t13-/m1/s1. The smallest absolute Gasteiger partial charge is 0.349 e. The molecule has 0 bridgehead atoms. The average molecular weight is 365 g/mol. The van der Waals surface area contributed by atoms with Crippen molar-refractivity contribution >= 4 is 39.7 Å². The summed E-state index contributed by atoms with van der Waals surface area (Å²) in [5.41, 5.74) is 1.96. The zero-order chi connectivity index (χ0) is 18.1. The van der Waals surface area contributed by atoms with Gasteiger partial charge in [-0.15, -0.1) is 11.3 Å². The summed E-state index contributed by atoms with van der Waals surface area (Å²) >= 11 is 1.48. The number of benzene rings is 2. The largest absolute Gasteiger partial charge is 0.448 e. The Bertz CT molecular complexity index is 965. The zero-order valence-electron chi connectivity index (χ0n) is 14.5. The minimum Gasteiger partial charge on any atom is -0.448 e. The van der Waals surface area contributed by atoms with E-state index in [4.69, 9.17) is 4.74 Å². The maximum Gasteiger partial charge on any atom is 0.349 e. The first-order valence-corrected chi connectivity index (χ1v) is 9.54. The van der Waals surface area contributed by atoms with Crippen molar-refractivity contribution in [2.45, 2.75) is 32.3 Å². The van der Waals surface area contributed by atoms with Gasteiger partial charge in [-0.2, -0.15) is 0 Å². The van der Waals surface area contributed by atoms with Crippen molar-refractivity contribution in [3.63, 3.8) is 0 Å². The van der Waals surface area contributed by atoms with Crippen LogP contribution in [0.15, 0.2) is 48.5 Å². The van der Waals surface area contributed by atoms with Crippen molar-refractivity contribution in [2.75, 3.05) is 5.32 Å². The van der Waals surface area contributed by atoms with E-state index in [0.29, 0.717) is 10.6 Å². The van der Waals surface area contributed by atoms with E-state index in [9.17, 15) is 9.59 Å². The number of hydrogen-bond donors (Lipinski definition) is 1. The van der Waals surface area contributed by atoms with E-state index < -0.39 is 12.1 Å². The van der Waals surface area contributed by atoms with Gasteiger partial charge in [-0.1, -0.05) is 36.4 Å². The molecule has 132 valence electrons. The zero-order valence-corrected chi connectivity index (χ0v) is 15.3. The number of amides is 1.